The van der Waals surface area contributed by atoms with Crippen molar-refractivity contribution >= 4 is 27.3 Å². The van der Waals surface area contributed by atoms with E-state index in [9.17, 15) is 13.2 Å². The largest absolute Gasteiger partial charge is 0.469 e. The number of thiophene rings is 1. The lowest BCUT2D eigenvalue weighted by Gasteiger charge is -2.04. The molecular weight excluding hydrogens is 302 g/mol. The molecule has 0 aliphatic rings. The van der Waals surface area contributed by atoms with Gasteiger partial charge in [0.15, 0.2) is 0 Å². The molecule has 0 fully saturated rings. The van der Waals surface area contributed by atoms with E-state index in [0.717, 1.165) is 10.4 Å². The molecule has 0 atom stereocenters. The van der Waals surface area contributed by atoms with E-state index in [1.54, 1.807) is 11.4 Å². The van der Waals surface area contributed by atoms with Gasteiger partial charge in [0.1, 0.15) is 6.61 Å². The molecule has 1 heterocycles. The van der Waals surface area contributed by atoms with Crippen LogP contribution < -0.4 is 4.72 Å². The number of ether oxygens (including phenoxy) is 1. The zero-order valence-electron chi connectivity index (χ0n) is 10.9. The number of aliphatic hydroxyl groups is 1. The van der Waals surface area contributed by atoms with E-state index < -0.39 is 16.0 Å². The Hall–Kier alpha value is -1.40. The quantitative estimate of drug-likeness (QED) is 0.572. The van der Waals surface area contributed by atoms with E-state index in [0.29, 0.717) is 0 Å². The van der Waals surface area contributed by atoms with Gasteiger partial charge >= 0.3 is 5.97 Å². The average Bonchev–Trinajstić information content (AvgIpc) is 2.88. The number of sulfonamides is 1. The van der Waals surface area contributed by atoms with Crippen LogP contribution in [-0.2, 0) is 26.1 Å². The van der Waals surface area contributed by atoms with Gasteiger partial charge in [0, 0.05) is 22.4 Å². The normalized spacial score (nSPS) is 10.7. The highest BCUT2D eigenvalue weighted by atomic mass is 32.2. The number of methoxy groups -OCH3 is 1. The molecule has 0 aliphatic carbocycles. The predicted octanol–water partition coefficient (Wildman–Crippen LogP) is 0.0744. The van der Waals surface area contributed by atoms with Crippen LogP contribution in [0, 0.1) is 11.8 Å². The number of carbonyl (C=O) groups is 1. The van der Waals surface area contributed by atoms with Crippen molar-refractivity contribution in [2.75, 3.05) is 19.5 Å². The van der Waals surface area contributed by atoms with E-state index >= 15 is 0 Å². The van der Waals surface area contributed by atoms with Crippen LogP contribution in [0.5, 0.6) is 0 Å². The highest BCUT2D eigenvalue weighted by Gasteiger charge is 2.13. The van der Waals surface area contributed by atoms with E-state index in [-0.39, 0.29) is 25.3 Å². The number of aliphatic hydroxyl groups excluding tert-OH is 1. The fraction of sp³-hybridized carbons (Fsp3) is 0.417. The van der Waals surface area contributed by atoms with Gasteiger partial charge in [-0.25, -0.2) is 13.1 Å². The van der Waals surface area contributed by atoms with Crippen molar-refractivity contribution in [2.45, 2.75) is 13.0 Å². The molecule has 0 unspecified atom stereocenters. The third kappa shape index (κ3) is 6.16. The van der Waals surface area contributed by atoms with Crippen molar-refractivity contribution < 1.29 is 23.1 Å². The first-order chi connectivity index (χ1) is 9.46. The van der Waals surface area contributed by atoms with E-state index in [1.807, 2.05) is 0 Å². The summed E-state index contributed by atoms with van der Waals surface area (Å²) < 4.78 is 30.0. The molecule has 0 spiro atoms. The van der Waals surface area contributed by atoms with Gasteiger partial charge in [-0.15, -0.1) is 11.3 Å². The summed E-state index contributed by atoms with van der Waals surface area (Å²) >= 11 is 1.37. The Labute approximate surface area is 121 Å². The Morgan fingerprint density at radius 1 is 1.55 bits per heavy atom. The van der Waals surface area contributed by atoms with Gasteiger partial charge in [-0.1, -0.05) is 11.8 Å². The maximum absolute atomic E-state index is 11.6. The minimum absolute atomic E-state index is 0.148. The first-order valence-corrected chi connectivity index (χ1v) is 8.21. The summed E-state index contributed by atoms with van der Waals surface area (Å²) in [6.45, 7) is -0.0691. The van der Waals surface area contributed by atoms with Gasteiger partial charge in [0.25, 0.3) is 0 Å². The number of carbonyl (C=O) groups excluding carboxylic acids is 1. The molecule has 0 radical (unpaired) electrons. The summed E-state index contributed by atoms with van der Waals surface area (Å²) in [6.07, 6.45) is -0.177. The number of rotatable bonds is 6. The summed E-state index contributed by atoms with van der Waals surface area (Å²) in [7, 11) is -2.30. The summed E-state index contributed by atoms with van der Waals surface area (Å²) in [5.41, 5.74) is 0.729. The zero-order valence-corrected chi connectivity index (χ0v) is 12.5. The third-order valence-electron chi connectivity index (χ3n) is 2.23. The Balaban J connectivity index is 2.49. The maximum atomic E-state index is 11.6. The van der Waals surface area contributed by atoms with Crippen molar-refractivity contribution in [1.29, 1.82) is 0 Å². The van der Waals surface area contributed by atoms with Crippen molar-refractivity contribution in [1.82, 2.24) is 4.72 Å². The first-order valence-electron chi connectivity index (χ1n) is 5.68. The highest BCUT2D eigenvalue weighted by molar-refractivity contribution is 7.89. The molecule has 1 rings (SSSR count). The fourth-order valence-corrected chi connectivity index (χ4v) is 3.06. The van der Waals surface area contributed by atoms with Crippen LogP contribution in [0.3, 0.4) is 0 Å². The molecule has 8 heteroatoms. The highest BCUT2D eigenvalue weighted by Crippen LogP contribution is 2.13. The van der Waals surface area contributed by atoms with E-state index in [1.165, 1.54) is 18.4 Å². The predicted molar refractivity (Wildman–Crippen MR) is 75.5 cm³/mol. The molecular formula is C12H15NO5S2. The second-order valence-corrected chi connectivity index (χ2v) is 6.65. The van der Waals surface area contributed by atoms with Crippen LogP contribution in [0.25, 0.3) is 0 Å². The molecule has 1 aromatic heterocycles. The summed E-state index contributed by atoms with van der Waals surface area (Å²) in [6, 6.07) is 1.75. The summed E-state index contributed by atoms with van der Waals surface area (Å²) in [5.74, 6) is 4.38. The monoisotopic (exact) mass is 317 g/mol. The second kappa shape index (κ2) is 8.01. The minimum atomic E-state index is -3.51. The minimum Gasteiger partial charge on any atom is -0.469 e. The molecule has 0 aliphatic heterocycles. The number of hydrogen-bond donors (Lipinski definition) is 2. The van der Waals surface area contributed by atoms with Gasteiger partial charge in [-0.3, -0.25) is 4.79 Å². The topological polar surface area (TPSA) is 92.7 Å². The third-order valence-corrected chi connectivity index (χ3v) is 4.50. The number of hydrogen-bond acceptors (Lipinski definition) is 6. The van der Waals surface area contributed by atoms with Crippen LogP contribution in [0.15, 0.2) is 11.4 Å². The fourth-order valence-electron chi connectivity index (χ4n) is 1.25. The van der Waals surface area contributed by atoms with Gasteiger partial charge in [-0.2, -0.15) is 0 Å². The number of esters is 1. The van der Waals surface area contributed by atoms with Gasteiger partial charge in [0.05, 0.1) is 19.3 Å². The van der Waals surface area contributed by atoms with Crippen molar-refractivity contribution in [3.63, 3.8) is 0 Å². The molecule has 1 aromatic rings. The lowest BCUT2D eigenvalue weighted by molar-refractivity contribution is -0.140. The Morgan fingerprint density at radius 3 is 2.95 bits per heavy atom. The Kier molecular flexibility index (Phi) is 6.67. The van der Waals surface area contributed by atoms with Crippen molar-refractivity contribution in [3.8, 4) is 11.8 Å². The molecule has 0 saturated carbocycles. The zero-order chi connectivity index (χ0) is 15.0. The smallest absolute Gasteiger partial charge is 0.306 e. The molecule has 20 heavy (non-hydrogen) atoms. The maximum Gasteiger partial charge on any atom is 0.306 e. The Bertz CT molecular complexity index is 609. The molecule has 2 N–H and O–H groups in total. The lowest BCUT2D eigenvalue weighted by Crippen LogP contribution is -2.27. The molecule has 0 saturated heterocycles. The van der Waals surface area contributed by atoms with E-state index in [4.69, 9.17) is 5.11 Å². The SMILES string of the molecule is COC(=O)CCS(=O)(=O)NCc1cc(C#CCO)cs1. The van der Waals surface area contributed by atoms with Crippen LogP contribution in [0.4, 0.5) is 0 Å². The molecule has 0 bridgehead atoms. The molecule has 0 aromatic carbocycles. The van der Waals surface area contributed by atoms with Gasteiger partial charge in [0.2, 0.25) is 10.0 Å². The van der Waals surface area contributed by atoms with Crippen molar-refractivity contribution in [3.05, 3.63) is 21.9 Å². The first kappa shape index (κ1) is 16.7. The summed E-state index contributed by atoms with van der Waals surface area (Å²) in [4.78, 5) is 11.7. The van der Waals surface area contributed by atoms with Gasteiger partial charge < -0.3 is 9.84 Å². The van der Waals surface area contributed by atoms with Crippen LogP contribution in [-0.4, -0.2) is 39.0 Å². The van der Waals surface area contributed by atoms with Crippen LogP contribution in [0.1, 0.15) is 16.9 Å². The molecule has 110 valence electrons. The lowest BCUT2D eigenvalue weighted by atomic mass is 10.3. The van der Waals surface area contributed by atoms with Crippen LogP contribution >= 0.6 is 11.3 Å². The standard InChI is InChI=1S/C12H15NO5S2/c1-18-12(15)4-6-20(16,17)13-8-11-7-10(9-19-11)3-2-5-14/h7,9,13-14H,4-6,8H2,1H3. The Morgan fingerprint density at radius 2 is 2.30 bits per heavy atom. The van der Waals surface area contributed by atoms with E-state index in [2.05, 4.69) is 21.3 Å². The molecule has 6 nitrogen and oxygen atoms in total. The van der Waals surface area contributed by atoms with Crippen molar-refractivity contribution in [2.24, 2.45) is 0 Å². The average molecular weight is 317 g/mol. The van der Waals surface area contributed by atoms with Gasteiger partial charge in [-0.05, 0) is 6.07 Å². The van der Waals surface area contributed by atoms with Crippen LogP contribution in [0.2, 0.25) is 0 Å². The molecule has 0 amide bonds. The number of nitrogens with one attached hydrogen (secondary N) is 1. The summed E-state index contributed by atoms with van der Waals surface area (Å²) in [5, 5.41) is 10.3. The second-order valence-electron chi connectivity index (χ2n) is 3.73.